The van der Waals surface area contributed by atoms with E-state index in [1.807, 2.05) is 30.5 Å². The second-order valence-corrected chi connectivity index (χ2v) is 6.56. The fourth-order valence-electron chi connectivity index (χ4n) is 3.30. The van der Waals surface area contributed by atoms with Crippen LogP contribution in [0.1, 0.15) is 13.8 Å². The quantitative estimate of drug-likeness (QED) is 0.867. The van der Waals surface area contributed by atoms with Crippen molar-refractivity contribution in [2.24, 2.45) is 11.8 Å². The van der Waals surface area contributed by atoms with E-state index < -0.39 is 0 Å². The Balaban J connectivity index is 1.89. The van der Waals surface area contributed by atoms with Gasteiger partial charge in [-0.2, -0.15) is 0 Å². The Hall–Kier alpha value is -1.68. The Labute approximate surface area is 126 Å². The number of anilines is 1. The standard InChI is InChI=1S/C17H24N4/c1-12(2)13-10-21(11-16(13)20(3)4)17-9-18-14-7-5-6-8-15(14)19-17/h5-9,12-13,16H,10-11H2,1-4H3/t13-,16+/m0/s1. The molecular formula is C17H24N4. The maximum absolute atomic E-state index is 4.79. The summed E-state index contributed by atoms with van der Waals surface area (Å²) in [5, 5.41) is 0. The lowest BCUT2D eigenvalue weighted by atomic mass is 9.91. The highest BCUT2D eigenvalue weighted by Crippen LogP contribution is 2.30. The van der Waals surface area contributed by atoms with Crippen LogP contribution in [0.4, 0.5) is 5.82 Å². The zero-order valence-electron chi connectivity index (χ0n) is 13.3. The molecule has 1 aromatic carbocycles. The number of hydrogen-bond acceptors (Lipinski definition) is 4. The van der Waals surface area contributed by atoms with Crippen LogP contribution in [0.5, 0.6) is 0 Å². The van der Waals surface area contributed by atoms with Crippen molar-refractivity contribution >= 4 is 16.9 Å². The first-order valence-electron chi connectivity index (χ1n) is 7.69. The van der Waals surface area contributed by atoms with E-state index in [1.54, 1.807) is 0 Å². The molecule has 0 saturated carbocycles. The van der Waals surface area contributed by atoms with Gasteiger partial charge in [0.2, 0.25) is 0 Å². The third kappa shape index (κ3) is 2.72. The van der Waals surface area contributed by atoms with E-state index in [-0.39, 0.29) is 0 Å². The van der Waals surface area contributed by atoms with Crippen LogP contribution in [0, 0.1) is 11.8 Å². The van der Waals surface area contributed by atoms with Crippen molar-refractivity contribution in [3.8, 4) is 0 Å². The summed E-state index contributed by atoms with van der Waals surface area (Å²) in [6.45, 7) is 6.73. The maximum atomic E-state index is 4.79. The molecule has 1 aliphatic rings. The minimum absolute atomic E-state index is 0.582. The Morgan fingerprint density at radius 2 is 1.86 bits per heavy atom. The summed E-state index contributed by atoms with van der Waals surface area (Å²) in [6.07, 6.45) is 1.91. The van der Waals surface area contributed by atoms with Crippen molar-refractivity contribution in [3.63, 3.8) is 0 Å². The van der Waals surface area contributed by atoms with Crippen LogP contribution in [-0.4, -0.2) is 48.1 Å². The number of hydrogen-bond donors (Lipinski definition) is 0. The van der Waals surface area contributed by atoms with Crippen LogP contribution in [0.15, 0.2) is 30.5 Å². The number of benzene rings is 1. The minimum Gasteiger partial charge on any atom is -0.353 e. The van der Waals surface area contributed by atoms with Gasteiger partial charge in [-0.05, 0) is 38.1 Å². The van der Waals surface area contributed by atoms with Crippen LogP contribution >= 0.6 is 0 Å². The summed E-state index contributed by atoms with van der Waals surface area (Å²) < 4.78 is 0. The molecule has 4 nitrogen and oxygen atoms in total. The SMILES string of the molecule is CC(C)[C@@H]1CN(c2cnc3ccccc3n2)C[C@H]1N(C)C. The summed E-state index contributed by atoms with van der Waals surface area (Å²) in [6, 6.07) is 8.65. The molecule has 0 aliphatic carbocycles. The molecule has 4 heteroatoms. The number of para-hydroxylation sites is 2. The Bertz CT molecular complexity index is 607. The molecule has 0 radical (unpaired) electrons. The third-order valence-corrected chi connectivity index (χ3v) is 4.61. The molecule has 21 heavy (non-hydrogen) atoms. The first-order chi connectivity index (χ1) is 10.1. The smallest absolute Gasteiger partial charge is 0.147 e. The van der Waals surface area contributed by atoms with Gasteiger partial charge < -0.3 is 9.80 Å². The lowest BCUT2D eigenvalue weighted by Gasteiger charge is -2.27. The molecule has 0 spiro atoms. The zero-order valence-corrected chi connectivity index (χ0v) is 13.3. The number of rotatable bonds is 3. The first-order valence-corrected chi connectivity index (χ1v) is 7.69. The average Bonchev–Trinajstić information content (AvgIpc) is 2.92. The molecular weight excluding hydrogens is 260 g/mol. The van der Waals surface area contributed by atoms with Crippen molar-refractivity contribution in [1.82, 2.24) is 14.9 Å². The van der Waals surface area contributed by atoms with Gasteiger partial charge in [0.1, 0.15) is 5.82 Å². The van der Waals surface area contributed by atoms with Crippen LogP contribution in [0.25, 0.3) is 11.0 Å². The molecule has 3 rings (SSSR count). The molecule has 112 valence electrons. The van der Waals surface area contributed by atoms with Gasteiger partial charge in [-0.3, -0.25) is 4.98 Å². The highest BCUT2D eigenvalue weighted by molar-refractivity contribution is 5.75. The molecule has 0 amide bonds. The largest absolute Gasteiger partial charge is 0.353 e. The molecule has 0 unspecified atom stereocenters. The van der Waals surface area contributed by atoms with Crippen molar-refractivity contribution in [3.05, 3.63) is 30.5 Å². The van der Waals surface area contributed by atoms with Crippen molar-refractivity contribution in [2.45, 2.75) is 19.9 Å². The van der Waals surface area contributed by atoms with Crippen LogP contribution in [-0.2, 0) is 0 Å². The van der Waals surface area contributed by atoms with Gasteiger partial charge in [0.25, 0.3) is 0 Å². The Morgan fingerprint density at radius 3 is 2.48 bits per heavy atom. The fraction of sp³-hybridized carbons (Fsp3) is 0.529. The number of fused-ring (bicyclic) bond motifs is 1. The molecule has 1 aliphatic heterocycles. The summed E-state index contributed by atoms with van der Waals surface area (Å²) in [7, 11) is 4.35. The summed E-state index contributed by atoms with van der Waals surface area (Å²) in [5.41, 5.74) is 1.94. The van der Waals surface area contributed by atoms with Gasteiger partial charge in [0.05, 0.1) is 17.2 Å². The van der Waals surface area contributed by atoms with E-state index in [0.29, 0.717) is 17.9 Å². The predicted octanol–water partition coefficient (Wildman–Crippen LogP) is 2.65. The van der Waals surface area contributed by atoms with Crippen LogP contribution in [0.3, 0.4) is 0 Å². The lowest BCUT2D eigenvalue weighted by Crippen LogP contribution is -2.37. The summed E-state index contributed by atoms with van der Waals surface area (Å²) in [4.78, 5) is 14.1. The molecule has 0 N–H and O–H groups in total. The Morgan fingerprint density at radius 1 is 1.14 bits per heavy atom. The van der Waals surface area contributed by atoms with Gasteiger partial charge in [-0.15, -0.1) is 0 Å². The second kappa shape index (κ2) is 5.60. The van der Waals surface area contributed by atoms with E-state index in [0.717, 1.165) is 29.9 Å². The number of aromatic nitrogens is 2. The van der Waals surface area contributed by atoms with E-state index >= 15 is 0 Å². The van der Waals surface area contributed by atoms with Crippen LogP contribution in [0.2, 0.25) is 0 Å². The van der Waals surface area contributed by atoms with E-state index in [9.17, 15) is 0 Å². The third-order valence-electron chi connectivity index (χ3n) is 4.61. The van der Waals surface area contributed by atoms with E-state index in [1.165, 1.54) is 0 Å². The molecule has 1 saturated heterocycles. The van der Waals surface area contributed by atoms with Gasteiger partial charge >= 0.3 is 0 Å². The Kier molecular flexibility index (Phi) is 3.81. The zero-order chi connectivity index (χ0) is 15.0. The fourth-order valence-corrected chi connectivity index (χ4v) is 3.30. The van der Waals surface area contributed by atoms with E-state index in [2.05, 4.69) is 42.7 Å². The molecule has 2 heterocycles. The van der Waals surface area contributed by atoms with Crippen molar-refractivity contribution in [2.75, 3.05) is 32.1 Å². The molecule has 2 aromatic rings. The molecule has 2 atom stereocenters. The summed E-state index contributed by atoms with van der Waals surface area (Å²) >= 11 is 0. The van der Waals surface area contributed by atoms with Crippen LogP contribution < -0.4 is 4.90 Å². The normalized spacial score (nSPS) is 22.7. The number of likely N-dealkylation sites (N-methyl/N-ethyl adjacent to an activating group) is 1. The maximum Gasteiger partial charge on any atom is 0.147 e. The first kappa shape index (κ1) is 14.3. The highest BCUT2D eigenvalue weighted by atomic mass is 15.3. The topological polar surface area (TPSA) is 32.3 Å². The van der Waals surface area contributed by atoms with Crippen molar-refractivity contribution in [1.29, 1.82) is 0 Å². The molecule has 1 aromatic heterocycles. The lowest BCUT2D eigenvalue weighted by molar-refractivity contribution is 0.216. The molecule has 0 bridgehead atoms. The average molecular weight is 284 g/mol. The van der Waals surface area contributed by atoms with E-state index in [4.69, 9.17) is 4.98 Å². The number of nitrogens with zero attached hydrogens (tertiary/aromatic N) is 4. The monoisotopic (exact) mass is 284 g/mol. The predicted molar refractivity (Wildman–Crippen MR) is 87.6 cm³/mol. The van der Waals surface area contributed by atoms with Gasteiger partial charge in [0.15, 0.2) is 0 Å². The summed E-state index contributed by atoms with van der Waals surface area (Å²) in [5.74, 6) is 2.35. The van der Waals surface area contributed by atoms with Gasteiger partial charge in [-0.1, -0.05) is 26.0 Å². The highest BCUT2D eigenvalue weighted by Gasteiger charge is 2.36. The van der Waals surface area contributed by atoms with Crippen molar-refractivity contribution < 1.29 is 0 Å². The second-order valence-electron chi connectivity index (χ2n) is 6.56. The minimum atomic E-state index is 0.582. The van der Waals surface area contributed by atoms with Gasteiger partial charge in [0, 0.05) is 19.1 Å². The van der Waals surface area contributed by atoms with Gasteiger partial charge in [-0.25, -0.2) is 4.98 Å². The molecule has 1 fully saturated rings.